The number of aromatic nitrogens is 4. The van der Waals surface area contributed by atoms with Crippen LogP contribution < -0.4 is 0 Å². The first kappa shape index (κ1) is 18.2. The van der Waals surface area contributed by atoms with Crippen molar-refractivity contribution in [3.8, 4) is 0 Å². The van der Waals surface area contributed by atoms with Crippen molar-refractivity contribution in [1.82, 2.24) is 20.0 Å². The van der Waals surface area contributed by atoms with E-state index >= 15 is 0 Å². The van der Waals surface area contributed by atoms with Crippen molar-refractivity contribution in [3.63, 3.8) is 0 Å². The number of aryl methyl sites for hydroxylation is 1. The van der Waals surface area contributed by atoms with Gasteiger partial charge in [0.25, 0.3) is 5.22 Å². The van der Waals surface area contributed by atoms with E-state index in [0.29, 0.717) is 23.6 Å². The van der Waals surface area contributed by atoms with Crippen LogP contribution in [0, 0.1) is 13.8 Å². The fourth-order valence-electron chi connectivity index (χ4n) is 2.69. The SMILES string of the molecule is Cc1nn(Cc2nnc(SCc3ccccc3C(C)C)o2)c(C)c1Br. The van der Waals surface area contributed by atoms with Gasteiger partial charge in [0.05, 0.1) is 15.9 Å². The molecular formula is C18H21BrN4OS. The molecule has 0 atom stereocenters. The summed E-state index contributed by atoms with van der Waals surface area (Å²) in [5, 5.41) is 13.4. The predicted molar refractivity (Wildman–Crippen MR) is 103 cm³/mol. The van der Waals surface area contributed by atoms with E-state index in [0.717, 1.165) is 21.6 Å². The lowest BCUT2D eigenvalue weighted by molar-refractivity contribution is 0.396. The third-order valence-electron chi connectivity index (χ3n) is 4.05. The molecule has 0 aliphatic heterocycles. The van der Waals surface area contributed by atoms with Gasteiger partial charge in [0, 0.05) is 5.75 Å². The summed E-state index contributed by atoms with van der Waals surface area (Å²) in [6.45, 7) is 8.88. The van der Waals surface area contributed by atoms with Gasteiger partial charge in [-0.15, -0.1) is 10.2 Å². The Bertz CT molecular complexity index is 872. The molecule has 2 heterocycles. The molecule has 0 spiro atoms. The zero-order valence-corrected chi connectivity index (χ0v) is 17.2. The Morgan fingerprint density at radius 1 is 1.20 bits per heavy atom. The number of rotatable bonds is 6. The smallest absolute Gasteiger partial charge is 0.276 e. The molecular weight excluding hydrogens is 400 g/mol. The number of nitrogens with zero attached hydrogens (tertiary/aromatic N) is 4. The first-order valence-electron chi connectivity index (χ1n) is 8.18. The largest absolute Gasteiger partial charge is 0.414 e. The first-order chi connectivity index (χ1) is 12.0. The maximum Gasteiger partial charge on any atom is 0.276 e. The van der Waals surface area contributed by atoms with Crippen LogP contribution in [0.2, 0.25) is 0 Å². The second kappa shape index (κ2) is 7.74. The van der Waals surface area contributed by atoms with Crippen LogP contribution in [-0.2, 0) is 12.3 Å². The molecule has 0 radical (unpaired) electrons. The number of thioether (sulfide) groups is 1. The monoisotopic (exact) mass is 420 g/mol. The van der Waals surface area contributed by atoms with Gasteiger partial charge in [0.15, 0.2) is 0 Å². The molecule has 0 saturated carbocycles. The van der Waals surface area contributed by atoms with Crippen LogP contribution in [0.1, 0.15) is 48.2 Å². The number of halogens is 1. The molecule has 0 unspecified atom stereocenters. The summed E-state index contributed by atoms with van der Waals surface area (Å²) in [4.78, 5) is 0. The van der Waals surface area contributed by atoms with E-state index in [-0.39, 0.29) is 0 Å². The van der Waals surface area contributed by atoms with Gasteiger partial charge >= 0.3 is 0 Å². The van der Waals surface area contributed by atoms with E-state index in [1.165, 1.54) is 11.1 Å². The average molecular weight is 421 g/mol. The zero-order chi connectivity index (χ0) is 18.0. The van der Waals surface area contributed by atoms with Crippen LogP contribution in [-0.4, -0.2) is 20.0 Å². The molecule has 7 heteroatoms. The van der Waals surface area contributed by atoms with Crippen LogP contribution in [0.5, 0.6) is 0 Å². The minimum absolute atomic E-state index is 0.481. The minimum atomic E-state index is 0.481. The molecule has 2 aromatic heterocycles. The Morgan fingerprint density at radius 3 is 2.64 bits per heavy atom. The third-order valence-corrected chi connectivity index (χ3v) is 6.07. The molecule has 0 amide bonds. The van der Waals surface area contributed by atoms with E-state index in [9.17, 15) is 0 Å². The maximum atomic E-state index is 5.78. The maximum absolute atomic E-state index is 5.78. The summed E-state index contributed by atoms with van der Waals surface area (Å²) in [5.41, 5.74) is 4.68. The standard InChI is InChI=1S/C18H21BrN4OS/c1-11(2)15-8-6-5-7-14(15)10-25-18-21-20-16(24-18)9-23-13(4)17(19)12(3)22-23/h5-8,11H,9-10H2,1-4H3. The van der Waals surface area contributed by atoms with Crippen LogP contribution in [0.15, 0.2) is 38.4 Å². The highest BCUT2D eigenvalue weighted by Crippen LogP contribution is 2.27. The van der Waals surface area contributed by atoms with E-state index in [4.69, 9.17) is 4.42 Å². The van der Waals surface area contributed by atoms with E-state index in [1.54, 1.807) is 11.8 Å². The summed E-state index contributed by atoms with van der Waals surface area (Å²) < 4.78 is 8.67. The summed E-state index contributed by atoms with van der Waals surface area (Å²) in [5.74, 6) is 1.89. The van der Waals surface area contributed by atoms with Crippen molar-refractivity contribution in [2.75, 3.05) is 0 Å². The van der Waals surface area contributed by atoms with Crippen LogP contribution in [0.25, 0.3) is 0 Å². The van der Waals surface area contributed by atoms with Gasteiger partial charge in [-0.05, 0) is 46.8 Å². The van der Waals surface area contributed by atoms with Crippen molar-refractivity contribution in [1.29, 1.82) is 0 Å². The van der Waals surface area contributed by atoms with Crippen molar-refractivity contribution >= 4 is 27.7 Å². The number of hydrogen-bond acceptors (Lipinski definition) is 5. The van der Waals surface area contributed by atoms with E-state index in [2.05, 4.69) is 69.3 Å². The highest BCUT2D eigenvalue weighted by atomic mass is 79.9. The molecule has 1 aromatic carbocycles. The molecule has 0 bridgehead atoms. The normalized spacial score (nSPS) is 11.4. The number of benzene rings is 1. The molecule has 0 fully saturated rings. The molecule has 3 aromatic rings. The van der Waals surface area contributed by atoms with Crippen LogP contribution in [0.3, 0.4) is 0 Å². The predicted octanol–water partition coefficient (Wildman–Crippen LogP) is 5.11. The molecule has 0 N–H and O–H groups in total. The lowest BCUT2D eigenvalue weighted by atomic mass is 9.98. The van der Waals surface area contributed by atoms with Crippen LogP contribution in [0.4, 0.5) is 0 Å². The molecule has 25 heavy (non-hydrogen) atoms. The molecule has 3 rings (SSSR count). The van der Waals surface area contributed by atoms with Gasteiger partial charge in [0.2, 0.25) is 5.89 Å². The Labute approximate surface area is 160 Å². The van der Waals surface area contributed by atoms with Crippen molar-refractivity contribution in [2.24, 2.45) is 0 Å². The zero-order valence-electron chi connectivity index (χ0n) is 14.8. The fourth-order valence-corrected chi connectivity index (χ4v) is 3.77. The molecule has 0 aliphatic carbocycles. The Balaban J connectivity index is 1.67. The topological polar surface area (TPSA) is 56.7 Å². The van der Waals surface area contributed by atoms with Gasteiger partial charge in [0.1, 0.15) is 6.54 Å². The minimum Gasteiger partial charge on any atom is -0.414 e. The fraction of sp³-hybridized carbons (Fsp3) is 0.389. The van der Waals surface area contributed by atoms with Crippen molar-refractivity contribution < 1.29 is 4.42 Å². The number of hydrogen-bond donors (Lipinski definition) is 0. The first-order valence-corrected chi connectivity index (χ1v) is 9.96. The summed E-state index contributed by atoms with van der Waals surface area (Å²) >= 11 is 5.10. The molecule has 132 valence electrons. The summed E-state index contributed by atoms with van der Waals surface area (Å²) in [7, 11) is 0. The second-order valence-corrected chi connectivity index (χ2v) is 7.97. The molecule has 5 nitrogen and oxygen atoms in total. The van der Waals surface area contributed by atoms with Gasteiger partial charge in [-0.1, -0.05) is 49.9 Å². The second-order valence-electron chi connectivity index (χ2n) is 6.25. The Kier molecular flexibility index (Phi) is 5.64. The summed E-state index contributed by atoms with van der Waals surface area (Å²) in [6, 6.07) is 8.50. The van der Waals surface area contributed by atoms with E-state index in [1.807, 2.05) is 18.5 Å². The van der Waals surface area contributed by atoms with Gasteiger partial charge in [-0.25, -0.2) is 0 Å². The Morgan fingerprint density at radius 2 is 1.96 bits per heavy atom. The highest BCUT2D eigenvalue weighted by molar-refractivity contribution is 9.10. The van der Waals surface area contributed by atoms with E-state index < -0.39 is 0 Å². The average Bonchev–Trinajstić information content (AvgIpc) is 3.14. The van der Waals surface area contributed by atoms with Gasteiger partial charge in [-0.2, -0.15) is 5.10 Å². The van der Waals surface area contributed by atoms with Gasteiger partial charge < -0.3 is 4.42 Å². The van der Waals surface area contributed by atoms with Crippen LogP contribution >= 0.6 is 27.7 Å². The van der Waals surface area contributed by atoms with Gasteiger partial charge in [-0.3, -0.25) is 4.68 Å². The Hall–Kier alpha value is -1.60. The highest BCUT2D eigenvalue weighted by Gasteiger charge is 2.14. The lowest BCUT2D eigenvalue weighted by Gasteiger charge is -2.11. The molecule has 0 aliphatic rings. The molecule has 0 saturated heterocycles. The summed E-state index contributed by atoms with van der Waals surface area (Å²) in [6.07, 6.45) is 0. The lowest BCUT2D eigenvalue weighted by Crippen LogP contribution is -2.04. The van der Waals surface area contributed by atoms with Crippen molar-refractivity contribution in [3.05, 3.63) is 57.1 Å². The third kappa shape index (κ3) is 4.15. The quantitative estimate of drug-likeness (QED) is 0.518. The van der Waals surface area contributed by atoms with Crippen molar-refractivity contribution in [2.45, 2.75) is 51.1 Å².